The normalized spacial score (nSPS) is 11.9. The summed E-state index contributed by atoms with van der Waals surface area (Å²) in [5, 5.41) is 2.80. The number of amides is 1. The summed E-state index contributed by atoms with van der Waals surface area (Å²) >= 11 is 0. The topological polar surface area (TPSA) is 86.3 Å². The van der Waals surface area contributed by atoms with Gasteiger partial charge in [-0.25, -0.2) is 8.42 Å². The lowest BCUT2D eigenvalue weighted by atomic mass is 10.2. The van der Waals surface area contributed by atoms with Crippen LogP contribution in [0.2, 0.25) is 0 Å². The summed E-state index contributed by atoms with van der Waals surface area (Å²) in [6, 6.07) is 10.5. The van der Waals surface area contributed by atoms with Crippen molar-refractivity contribution in [3.63, 3.8) is 0 Å². The molecule has 0 bridgehead atoms. The molecule has 6 nitrogen and oxygen atoms in total. The van der Waals surface area contributed by atoms with Gasteiger partial charge in [0.15, 0.2) is 10.1 Å². The molecule has 148 valence electrons. The highest BCUT2D eigenvalue weighted by atomic mass is 32.2. The van der Waals surface area contributed by atoms with Crippen LogP contribution in [0.5, 0.6) is 0 Å². The Balaban J connectivity index is 0.000000660. The third-order valence-electron chi connectivity index (χ3n) is 3.16. The van der Waals surface area contributed by atoms with Gasteiger partial charge in [-0.3, -0.25) is 4.79 Å². The van der Waals surface area contributed by atoms with E-state index in [1.807, 2.05) is 6.07 Å². The minimum absolute atomic E-state index is 0.0941. The smallest absolute Gasteiger partial charge is 0.485 e. The zero-order chi connectivity index (χ0) is 20.4. The molecule has 1 aromatic carbocycles. The fourth-order valence-corrected chi connectivity index (χ4v) is 1.95. The SMILES string of the molecule is C=CC(=O)NCCC[N+](C)(C)Cc1ccccc1.O=S(=O)([O-])C(F)(F)F. The third kappa shape index (κ3) is 10.9. The Morgan fingerprint density at radius 3 is 2.19 bits per heavy atom. The lowest BCUT2D eigenvalue weighted by Crippen LogP contribution is -2.40. The molecular weight excluding hydrogens is 373 g/mol. The van der Waals surface area contributed by atoms with E-state index in [0.717, 1.165) is 24.0 Å². The molecule has 0 spiro atoms. The zero-order valence-corrected chi connectivity index (χ0v) is 15.4. The van der Waals surface area contributed by atoms with Crippen LogP contribution < -0.4 is 5.32 Å². The fourth-order valence-electron chi connectivity index (χ4n) is 1.95. The molecule has 1 amide bonds. The number of hydrogen-bond acceptors (Lipinski definition) is 4. The van der Waals surface area contributed by atoms with Gasteiger partial charge in [-0.05, 0) is 6.08 Å². The Labute approximate surface area is 151 Å². The van der Waals surface area contributed by atoms with Gasteiger partial charge in [0, 0.05) is 18.5 Å². The molecule has 0 radical (unpaired) electrons. The maximum absolute atomic E-state index is 11.0. The summed E-state index contributed by atoms with van der Waals surface area (Å²) in [6.07, 6.45) is 2.28. The Morgan fingerprint density at radius 2 is 1.77 bits per heavy atom. The molecular formula is C16H23F3N2O4S. The summed E-state index contributed by atoms with van der Waals surface area (Å²) < 4.78 is 59.8. The molecule has 0 saturated carbocycles. The average molecular weight is 396 g/mol. The second kappa shape index (κ2) is 10.3. The van der Waals surface area contributed by atoms with Crippen molar-refractivity contribution in [3.05, 3.63) is 48.6 Å². The van der Waals surface area contributed by atoms with Crippen LogP contribution in [0.4, 0.5) is 13.2 Å². The molecule has 0 atom stereocenters. The predicted octanol–water partition coefficient (Wildman–Crippen LogP) is 2.01. The molecule has 0 aliphatic rings. The van der Waals surface area contributed by atoms with Crippen molar-refractivity contribution in [2.45, 2.75) is 18.5 Å². The van der Waals surface area contributed by atoms with Gasteiger partial charge in [-0.1, -0.05) is 36.9 Å². The Morgan fingerprint density at radius 1 is 1.27 bits per heavy atom. The number of alkyl halides is 3. The quantitative estimate of drug-likeness (QED) is 0.251. The van der Waals surface area contributed by atoms with E-state index in [1.54, 1.807) is 0 Å². The van der Waals surface area contributed by atoms with Crippen molar-refractivity contribution in [3.8, 4) is 0 Å². The number of hydrogen-bond donors (Lipinski definition) is 1. The van der Waals surface area contributed by atoms with Gasteiger partial charge in [0.1, 0.15) is 6.54 Å². The van der Waals surface area contributed by atoms with Gasteiger partial charge in [0.05, 0.1) is 20.6 Å². The molecule has 0 fully saturated rings. The van der Waals surface area contributed by atoms with Crippen molar-refractivity contribution in [2.24, 2.45) is 0 Å². The molecule has 10 heteroatoms. The summed E-state index contributed by atoms with van der Waals surface area (Å²) in [5.41, 5.74) is -4.30. The second-order valence-electron chi connectivity index (χ2n) is 6.05. The highest BCUT2D eigenvalue weighted by Crippen LogP contribution is 2.20. The van der Waals surface area contributed by atoms with E-state index in [4.69, 9.17) is 13.0 Å². The molecule has 26 heavy (non-hydrogen) atoms. The molecule has 1 rings (SSSR count). The molecule has 0 aliphatic carbocycles. The van der Waals surface area contributed by atoms with Crippen molar-refractivity contribution in [1.82, 2.24) is 5.32 Å². The van der Waals surface area contributed by atoms with Crippen LogP contribution in [0, 0.1) is 0 Å². The summed E-state index contributed by atoms with van der Waals surface area (Å²) in [7, 11) is -1.67. The van der Waals surface area contributed by atoms with Crippen molar-refractivity contribution < 1.29 is 35.4 Å². The third-order valence-corrected chi connectivity index (χ3v) is 3.73. The minimum atomic E-state index is -6.09. The van der Waals surface area contributed by atoms with Crippen LogP contribution in [-0.2, 0) is 21.5 Å². The van der Waals surface area contributed by atoms with Crippen molar-refractivity contribution in [2.75, 3.05) is 27.2 Å². The van der Waals surface area contributed by atoms with E-state index in [1.165, 1.54) is 11.6 Å². The monoisotopic (exact) mass is 396 g/mol. The van der Waals surface area contributed by atoms with E-state index < -0.39 is 15.6 Å². The van der Waals surface area contributed by atoms with Crippen molar-refractivity contribution in [1.29, 1.82) is 0 Å². The number of nitrogens with zero attached hydrogens (tertiary/aromatic N) is 1. The maximum Gasteiger partial charge on any atom is 0.485 e. The highest BCUT2D eigenvalue weighted by molar-refractivity contribution is 7.86. The molecule has 0 aromatic heterocycles. The van der Waals surface area contributed by atoms with E-state index in [-0.39, 0.29) is 5.91 Å². The molecule has 0 aliphatic heterocycles. The molecule has 0 unspecified atom stereocenters. The van der Waals surface area contributed by atoms with E-state index in [9.17, 15) is 18.0 Å². The Bertz CT molecular complexity index is 674. The van der Waals surface area contributed by atoms with Gasteiger partial charge in [-0.2, -0.15) is 13.2 Å². The average Bonchev–Trinajstić information content (AvgIpc) is 2.50. The standard InChI is InChI=1S/C15H22N2O.CHF3O3S/c1-4-15(18)16-11-8-12-17(2,3)13-14-9-6-5-7-10-14;2-1(3,4)8(5,6)7/h4-7,9-10H,1,8,11-13H2,2-3H3;(H,5,6,7). The van der Waals surface area contributed by atoms with Crippen LogP contribution in [0.3, 0.4) is 0 Å². The van der Waals surface area contributed by atoms with Crippen LogP contribution in [0.15, 0.2) is 43.0 Å². The lowest BCUT2D eigenvalue weighted by molar-refractivity contribution is -0.903. The van der Waals surface area contributed by atoms with Gasteiger partial charge in [0.25, 0.3) is 0 Å². The first-order valence-electron chi connectivity index (χ1n) is 7.57. The van der Waals surface area contributed by atoms with E-state index in [0.29, 0.717) is 6.54 Å². The fraction of sp³-hybridized carbons (Fsp3) is 0.438. The molecule has 0 heterocycles. The largest absolute Gasteiger partial charge is 0.741 e. The number of nitrogens with one attached hydrogen (secondary N) is 1. The minimum Gasteiger partial charge on any atom is -0.741 e. The van der Waals surface area contributed by atoms with Crippen LogP contribution in [0.1, 0.15) is 12.0 Å². The number of halogens is 3. The summed E-state index contributed by atoms with van der Waals surface area (Å²) in [4.78, 5) is 11.0. The second-order valence-corrected chi connectivity index (χ2v) is 7.42. The van der Waals surface area contributed by atoms with Gasteiger partial charge in [0.2, 0.25) is 5.91 Å². The number of benzene rings is 1. The summed E-state index contributed by atoms with van der Waals surface area (Å²) in [6.45, 7) is 6.18. The van der Waals surface area contributed by atoms with Crippen molar-refractivity contribution >= 4 is 16.0 Å². The Hall–Kier alpha value is -1.91. The number of rotatable bonds is 7. The molecule has 0 saturated heterocycles. The number of carbonyl (C=O) groups is 1. The van der Waals surface area contributed by atoms with E-state index in [2.05, 4.69) is 50.3 Å². The van der Waals surface area contributed by atoms with Gasteiger partial charge >= 0.3 is 5.51 Å². The van der Waals surface area contributed by atoms with Crippen LogP contribution in [-0.4, -0.2) is 56.1 Å². The summed E-state index contributed by atoms with van der Waals surface area (Å²) in [5.74, 6) is -0.0941. The van der Waals surface area contributed by atoms with E-state index >= 15 is 0 Å². The first-order valence-corrected chi connectivity index (χ1v) is 8.98. The van der Waals surface area contributed by atoms with Crippen LogP contribution >= 0.6 is 0 Å². The first kappa shape index (κ1) is 24.1. The molecule has 1 aromatic rings. The predicted molar refractivity (Wildman–Crippen MR) is 90.7 cm³/mol. The molecule has 1 N–H and O–H groups in total. The highest BCUT2D eigenvalue weighted by Gasteiger charge is 2.36. The van der Waals surface area contributed by atoms with Crippen LogP contribution in [0.25, 0.3) is 0 Å². The Kier molecular flexibility index (Phi) is 9.53. The zero-order valence-electron chi connectivity index (χ0n) is 14.6. The lowest BCUT2D eigenvalue weighted by Gasteiger charge is -2.30. The van der Waals surface area contributed by atoms with Gasteiger partial charge < -0.3 is 14.4 Å². The number of carbonyl (C=O) groups excluding carboxylic acids is 1. The number of quaternary nitrogens is 1. The van der Waals surface area contributed by atoms with Gasteiger partial charge in [-0.15, -0.1) is 0 Å². The first-order chi connectivity index (χ1) is 11.8. The maximum atomic E-state index is 11.0.